The Morgan fingerprint density at radius 1 is 0.700 bits per heavy atom. The van der Waals surface area contributed by atoms with Crippen molar-refractivity contribution >= 4 is 47.2 Å². The van der Waals surface area contributed by atoms with Crippen molar-refractivity contribution in [1.82, 2.24) is 9.80 Å². The van der Waals surface area contributed by atoms with E-state index in [0.29, 0.717) is 74.6 Å². The summed E-state index contributed by atoms with van der Waals surface area (Å²) in [4.78, 5) is 53.9. The molecule has 2 aromatic rings. The van der Waals surface area contributed by atoms with Gasteiger partial charge in [0, 0.05) is 42.1 Å². The Labute approximate surface area is 289 Å². The summed E-state index contributed by atoms with van der Waals surface area (Å²) in [6.45, 7) is 3.79. The molecule has 4 aliphatic heterocycles. The fourth-order valence-electron chi connectivity index (χ4n) is 6.76. The van der Waals surface area contributed by atoms with E-state index in [1.165, 1.54) is 4.90 Å². The maximum Gasteiger partial charge on any atom is 0.414 e. The zero-order valence-corrected chi connectivity index (χ0v) is 27.7. The number of piperidine rings is 2. The van der Waals surface area contributed by atoms with Crippen LogP contribution >= 0.6 is 0 Å². The van der Waals surface area contributed by atoms with Crippen LogP contribution in [0.4, 0.5) is 21.0 Å². The number of cyclic esters (lactones) is 2. The van der Waals surface area contributed by atoms with E-state index in [0.717, 1.165) is 25.8 Å². The van der Waals surface area contributed by atoms with E-state index in [1.54, 1.807) is 53.4 Å². The van der Waals surface area contributed by atoms with Gasteiger partial charge in [0.25, 0.3) is 0 Å². The number of anilines is 2. The second-order valence-electron chi connectivity index (χ2n) is 12.9. The van der Waals surface area contributed by atoms with Crippen molar-refractivity contribution < 1.29 is 38.9 Å². The van der Waals surface area contributed by atoms with Crippen LogP contribution in [-0.2, 0) is 19.1 Å². The lowest BCUT2D eigenvalue weighted by atomic mass is 9.98. The Morgan fingerprint density at radius 3 is 1.70 bits per heavy atom. The first-order valence-corrected chi connectivity index (χ1v) is 16.7. The molecule has 4 unspecified atom stereocenters. The van der Waals surface area contributed by atoms with Crippen LogP contribution in [-0.4, -0.2) is 120 Å². The Kier molecular flexibility index (Phi) is 11.5. The van der Waals surface area contributed by atoms with E-state index in [2.05, 4.69) is 4.90 Å². The molecule has 4 aliphatic rings. The van der Waals surface area contributed by atoms with Gasteiger partial charge in [-0.05, 0) is 87.3 Å². The highest BCUT2D eigenvalue weighted by Crippen LogP contribution is 2.26. The lowest BCUT2D eigenvalue weighted by molar-refractivity contribution is -0.145. The van der Waals surface area contributed by atoms with E-state index in [-0.39, 0.29) is 29.8 Å². The van der Waals surface area contributed by atoms with Crippen molar-refractivity contribution in [3.05, 3.63) is 59.7 Å². The number of carboxylic acid groups (broad SMARTS) is 2. The molecule has 2 aromatic carbocycles. The second-order valence-corrected chi connectivity index (χ2v) is 12.9. The SMILES string of the molecule is N=C(N)c1ccc(N2CC(CN3CCCC(C(=O)O)C3)OC2=O)cc1.N=C(N)c1ccc(N2CC(CN3CCCCC3C(=O)O)OC2=O)cc1. The van der Waals surface area contributed by atoms with Crippen LogP contribution in [0.2, 0.25) is 0 Å². The molecule has 8 N–H and O–H groups in total. The van der Waals surface area contributed by atoms with Crippen molar-refractivity contribution in [2.45, 2.75) is 50.4 Å². The van der Waals surface area contributed by atoms with Crippen LogP contribution in [0.1, 0.15) is 43.2 Å². The van der Waals surface area contributed by atoms with Gasteiger partial charge in [0.05, 0.1) is 19.0 Å². The number of carboxylic acids is 2. The predicted molar refractivity (Wildman–Crippen MR) is 184 cm³/mol. The first-order valence-electron chi connectivity index (χ1n) is 16.7. The predicted octanol–water partition coefficient (Wildman–Crippen LogP) is 2.33. The normalized spacial score (nSPS) is 24.2. The third-order valence-corrected chi connectivity index (χ3v) is 9.38. The number of rotatable bonds is 10. The molecule has 4 saturated heterocycles. The Balaban J connectivity index is 0.000000194. The molecule has 0 radical (unpaired) electrons. The lowest BCUT2D eigenvalue weighted by Crippen LogP contribution is -2.48. The molecule has 50 heavy (non-hydrogen) atoms. The van der Waals surface area contributed by atoms with Gasteiger partial charge in [0.1, 0.15) is 29.9 Å². The van der Waals surface area contributed by atoms with Crippen LogP contribution in [0, 0.1) is 16.7 Å². The molecule has 4 heterocycles. The molecule has 0 bridgehead atoms. The summed E-state index contributed by atoms with van der Waals surface area (Å²) in [5.74, 6) is -1.98. The first-order chi connectivity index (χ1) is 23.9. The smallest absolute Gasteiger partial charge is 0.414 e. The number of benzene rings is 2. The van der Waals surface area contributed by atoms with Crippen molar-refractivity contribution in [3.63, 3.8) is 0 Å². The summed E-state index contributed by atoms with van der Waals surface area (Å²) in [6.07, 6.45) is 2.54. The minimum atomic E-state index is -0.819. The fourth-order valence-corrected chi connectivity index (χ4v) is 6.76. The van der Waals surface area contributed by atoms with E-state index < -0.39 is 30.2 Å². The summed E-state index contributed by atoms with van der Waals surface area (Å²) < 4.78 is 10.9. The molecular weight excluding hydrogens is 648 g/mol. The highest BCUT2D eigenvalue weighted by Gasteiger charge is 2.38. The van der Waals surface area contributed by atoms with Crippen LogP contribution in [0.5, 0.6) is 0 Å². The number of ether oxygens (including phenoxy) is 2. The number of carbonyl (C=O) groups excluding carboxylic acids is 2. The maximum absolute atomic E-state index is 12.2. The number of amides is 2. The number of nitrogens with zero attached hydrogens (tertiary/aromatic N) is 4. The molecule has 16 heteroatoms. The zero-order chi connectivity index (χ0) is 35.9. The molecule has 16 nitrogen and oxygen atoms in total. The van der Waals surface area contributed by atoms with Gasteiger partial charge in [-0.25, -0.2) is 9.59 Å². The topological polar surface area (TPSA) is 240 Å². The highest BCUT2D eigenvalue weighted by atomic mass is 16.6. The summed E-state index contributed by atoms with van der Waals surface area (Å²) in [7, 11) is 0. The zero-order valence-electron chi connectivity index (χ0n) is 27.7. The van der Waals surface area contributed by atoms with Gasteiger partial charge in [-0.15, -0.1) is 0 Å². The summed E-state index contributed by atoms with van der Waals surface area (Å²) >= 11 is 0. The van der Waals surface area contributed by atoms with Gasteiger partial charge in [-0.1, -0.05) is 6.42 Å². The van der Waals surface area contributed by atoms with Crippen LogP contribution < -0.4 is 21.3 Å². The highest BCUT2D eigenvalue weighted by molar-refractivity contribution is 5.97. The largest absolute Gasteiger partial charge is 0.481 e. The standard InChI is InChI=1S/2C17H22N4O4/c18-15(19)11-3-5-13(6-4-11)21-10-14(25-17(21)24)9-20-7-1-2-12(8-20)16(22)23;18-15(19)11-4-6-12(7-5-11)21-10-13(25-17(21)24)9-20-8-2-1-3-14(20)16(22)23/h3-6,12,14H,1-2,7-10H2,(H3,18,19)(H,22,23);4-7,13-14H,1-3,8-10H2,(H3,18,19)(H,22,23). The Morgan fingerprint density at radius 2 is 1.22 bits per heavy atom. The number of amidine groups is 2. The number of nitrogen functional groups attached to an aromatic ring is 2. The summed E-state index contributed by atoms with van der Waals surface area (Å²) in [5.41, 5.74) is 13.4. The van der Waals surface area contributed by atoms with E-state index in [4.69, 9.17) is 36.9 Å². The molecule has 0 aromatic heterocycles. The molecule has 2 amide bonds. The van der Waals surface area contributed by atoms with E-state index in [9.17, 15) is 24.3 Å². The molecule has 4 atom stereocenters. The molecule has 6 rings (SSSR count). The lowest BCUT2D eigenvalue weighted by Gasteiger charge is -2.33. The molecule has 0 aliphatic carbocycles. The minimum Gasteiger partial charge on any atom is -0.481 e. The molecule has 0 saturated carbocycles. The minimum absolute atomic E-state index is 0.0218. The van der Waals surface area contributed by atoms with E-state index >= 15 is 0 Å². The number of carbonyl (C=O) groups is 4. The van der Waals surface area contributed by atoms with Gasteiger partial charge in [-0.2, -0.15) is 0 Å². The third-order valence-electron chi connectivity index (χ3n) is 9.38. The number of nitrogens with one attached hydrogen (secondary N) is 2. The van der Waals surface area contributed by atoms with Gasteiger partial charge in [0.2, 0.25) is 0 Å². The monoisotopic (exact) mass is 692 g/mol. The average molecular weight is 693 g/mol. The molecular formula is C34H44N8O8. The van der Waals surface area contributed by atoms with Crippen LogP contribution in [0.15, 0.2) is 48.5 Å². The van der Waals surface area contributed by atoms with Crippen molar-refractivity contribution in [1.29, 1.82) is 10.8 Å². The van der Waals surface area contributed by atoms with Crippen LogP contribution in [0.3, 0.4) is 0 Å². The quantitative estimate of drug-likeness (QED) is 0.155. The molecule has 268 valence electrons. The van der Waals surface area contributed by atoms with Gasteiger partial charge >= 0.3 is 24.1 Å². The van der Waals surface area contributed by atoms with Crippen molar-refractivity contribution in [2.75, 3.05) is 55.6 Å². The number of hydrogen-bond acceptors (Lipinski definition) is 10. The van der Waals surface area contributed by atoms with Gasteiger partial charge in [0.15, 0.2) is 0 Å². The average Bonchev–Trinajstić information content (AvgIpc) is 3.65. The number of nitrogens with two attached hydrogens (primary N) is 2. The number of hydrogen-bond donors (Lipinski definition) is 6. The molecule has 4 fully saturated rings. The van der Waals surface area contributed by atoms with Gasteiger partial charge in [-0.3, -0.25) is 40.0 Å². The summed E-state index contributed by atoms with van der Waals surface area (Å²) in [6, 6.07) is 13.2. The Hall–Kier alpha value is -5.22. The first kappa shape index (κ1) is 36.1. The van der Waals surface area contributed by atoms with Crippen molar-refractivity contribution in [3.8, 4) is 0 Å². The third kappa shape index (κ3) is 8.87. The number of aliphatic carboxylic acids is 2. The van der Waals surface area contributed by atoms with Crippen LogP contribution in [0.25, 0.3) is 0 Å². The molecule has 0 spiro atoms. The Bertz CT molecular complexity index is 1590. The van der Waals surface area contributed by atoms with Crippen molar-refractivity contribution in [2.24, 2.45) is 17.4 Å². The summed E-state index contributed by atoms with van der Waals surface area (Å²) in [5, 5.41) is 33.3. The second kappa shape index (κ2) is 16.0. The van der Waals surface area contributed by atoms with E-state index in [1.807, 2.05) is 4.90 Å². The fraction of sp³-hybridized carbons (Fsp3) is 0.471. The number of likely N-dealkylation sites (tertiary alicyclic amines) is 2. The van der Waals surface area contributed by atoms with Gasteiger partial charge < -0.3 is 31.2 Å². The maximum atomic E-state index is 12.2.